The van der Waals surface area contributed by atoms with E-state index >= 15 is 0 Å². The molecule has 0 saturated carbocycles. The molecule has 0 bridgehead atoms. The van der Waals surface area contributed by atoms with Gasteiger partial charge >= 0.3 is 0 Å². The van der Waals surface area contributed by atoms with Gasteiger partial charge in [0.1, 0.15) is 0 Å². The van der Waals surface area contributed by atoms with Crippen molar-refractivity contribution in [2.24, 2.45) is 0 Å². The number of halogens is 2. The molecule has 100 valence electrons. The third-order valence-corrected chi connectivity index (χ3v) is 4.43. The molecule has 18 heavy (non-hydrogen) atoms. The van der Waals surface area contributed by atoms with Crippen molar-refractivity contribution in [3.05, 3.63) is 27.7 Å². The van der Waals surface area contributed by atoms with E-state index < -0.39 is 0 Å². The lowest BCUT2D eigenvalue weighted by Crippen LogP contribution is -2.18. The summed E-state index contributed by atoms with van der Waals surface area (Å²) in [6, 6.07) is 3.63. The van der Waals surface area contributed by atoms with Crippen molar-refractivity contribution in [3.8, 4) is 0 Å². The minimum Gasteiger partial charge on any atom is -0.398 e. The van der Waals surface area contributed by atoms with Gasteiger partial charge in [-0.25, -0.2) is 0 Å². The molecule has 0 radical (unpaired) electrons. The Hall–Kier alpha value is -0.300. The van der Waals surface area contributed by atoms with Gasteiger partial charge in [-0.2, -0.15) is 0 Å². The minimum atomic E-state index is 0.00815. The fourth-order valence-corrected chi connectivity index (χ4v) is 2.00. The number of anilines is 1. The van der Waals surface area contributed by atoms with Gasteiger partial charge in [-0.3, -0.25) is 4.79 Å². The highest BCUT2D eigenvalue weighted by Crippen LogP contribution is 2.32. The van der Waals surface area contributed by atoms with Crippen LogP contribution in [0.25, 0.3) is 0 Å². The molecule has 1 aromatic rings. The van der Waals surface area contributed by atoms with E-state index in [2.05, 4.69) is 52.4 Å². The summed E-state index contributed by atoms with van der Waals surface area (Å²) in [5.41, 5.74) is 7.93. The molecule has 5 heteroatoms. The molecule has 0 aromatic heterocycles. The van der Waals surface area contributed by atoms with E-state index in [4.69, 9.17) is 5.73 Å². The van der Waals surface area contributed by atoms with Gasteiger partial charge in [-0.1, -0.05) is 52.4 Å². The molecule has 1 heterocycles. The third kappa shape index (κ3) is 3.60. The summed E-state index contributed by atoms with van der Waals surface area (Å²) in [5, 5.41) is 0. The largest absolute Gasteiger partial charge is 0.398 e. The highest BCUT2D eigenvalue weighted by Gasteiger charge is 2.28. The van der Waals surface area contributed by atoms with Crippen molar-refractivity contribution in [2.45, 2.75) is 30.7 Å². The Morgan fingerprint density at radius 3 is 2.56 bits per heavy atom. The quantitative estimate of drug-likeness (QED) is 0.423. The molecule has 0 spiro atoms. The maximum absolute atomic E-state index is 11.6. The van der Waals surface area contributed by atoms with Crippen LogP contribution in [0.1, 0.15) is 36.2 Å². The lowest BCUT2D eigenvalue weighted by atomic mass is 10.1. The number of nitrogens with zero attached hydrogens (tertiary/aromatic N) is 1. The smallest absolute Gasteiger partial charge is 0.256 e. The SMILES string of the molecule is CCC(C)I.CN1Cc2c(Br)ccc(N)c2C1=O. The lowest BCUT2D eigenvalue weighted by Gasteiger charge is -2.05. The van der Waals surface area contributed by atoms with E-state index in [1.165, 1.54) is 6.42 Å². The van der Waals surface area contributed by atoms with Crippen molar-refractivity contribution in [2.75, 3.05) is 12.8 Å². The van der Waals surface area contributed by atoms with E-state index in [0.717, 1.165) is 14.0 Å². The van der Waals surface area contributed by atoms with Crippen LogP contribution in [0.2, 0.25) is 0 Å². The van der Waals surface area contributed by atoms with Crippen LogP contribution in [0.5, 0.6) is 0 Å². The number of carbonyl (C=O) groups excluding carboxylic acids is 1. The molecule has 1 atom stereocenters. The zero-order chi connectivity index (χ0) is 13.9. The predicted molar refractivity (Wildman–Crippen MR) is 88.1 cm³/mol. The summed E-state index contributed by atoms with van der Waals surface area (Å²) < 4.78 is 1.81. The fraction of sp³-hybridized carbons (Fsp3) is 0.462. The Bertz CT molecular complexity index is 449. The van der Waals surface area contributed by atoms with Crippen LogP contribution in [-0.2, 0) is 6.54 Å². The van der Waals surface area contributed by atoms with Gasteiger partial charge in [0.2, 0.25) is 0 Å². The van der Waals surface area contributed by atoms with Crippen LogP contribution in [0.3, 0.4) is 0 Å². The monoisotopic (exact) mass is 424 g/mol. The second-order valence-electron chi connectivity index (χ2n) is 4.34. The summed E-state index contributed by atoms with van der Waals surface area (Å²) in [6.07, 6.45) is 1.29. The van der Waals surface area contributed by atoms with Gasteiger partial charge in [0, 0.05) is 33.2 Å². The normalized spacial score (nSPS) is 14.9. The molecule has 2 N–H and O–H groups in total. The standard InChI is InChI=1S/C9H9BrN2O.C4H9I/c1-12-4-5-6(10)2-3-7(11)8(5)9(12)13;1-3-4(2)5/h2-3H,4,11H2,1H3;4H,3H2,1-2H3. The van der Waals surface area contributed by atoms with Crippen LogP contribution in [-0.4, -0.2) is 21.8 Å². The first kappa shape index (κ1) is 15.8. The summed E-state index contributed by atoms with van der Waals surface area (Å²) in [4.78, 5) is 13.3. The fourth-order valence-electron chi connectivity index (χ4n) is 1.55. The molecule has 0 saturated heterocycles. The Kier molecular flexibility index (Phi) is 5.91. The molecule has 0 aliphatic carbocycles. The number of hydrogen-bond donors (Lipinski definition) is 1. The average molecular weight is 425 g/mol. The highest BCUT2D eigenvalue weighted by atomic mass is 127. The summed E-state index contributed by atoms with van der Waals surface area (Å²) in [5.74, 6) is 0.00815. The summed E-state index contributed by atoms with van der Waals surface area (Å²) in [7, 11) is 1.77. The molecular formula is C13H18BrIN2O. The van der Waals surface area contributed by atoms with Crippen molar-refractivity contribution in [3.63, 3.8) is 0 Å². The van der Waals surface area contributed by atoms with E-state index in [9.17, 15) is 4.79 Å². The first-order valence-electron chi connectivity index (χ1n) is 5.84. The topological polar surface area (TPSA) is 46.3 Å². The number of amides is 1. The molecule has 1 amide bonds. The first-order chi connectivity index (χ1) is 8.38. The zero-order valence-corrected chi connectivity index (χ0v) is 14.6. The molecule has 1 aliphatic rings. The Morgan fingerprint density at radius 1 is 1.56 bits per heavy atom. The van der Waals surface area contributed by atoms with Crippen molar-refractivity contribution in [1.82, 2.24) is 4.90 Å². The number of alkyl halides is 1. The number of fused-ring (bicyclic) bond motifs is 1. The molecule has 2 rings (SSSR count). The maximum Gasteiger partial charge on any atom is 0.256 e. The van der Waals surface area contributed by atoms with Gasteiger partial charge in [-0.15, -0.1) is 0 Å². The van der Waals surface area contributed by atoms with Crippen molar-refractivity contribution >= 4 is 50.1 Å². The van der Waals surface area contributed by atoms with Crippen LogP contribution in [0.15, 0.2) is 16.6 Å². The Morgan fingerprint density at radius 2 is 2.11 bits per heavy atom. The van der Waals surface area contributed by atoms with Gasteiger partial charge in [-0.05, 0) is 18.6 Å². The Labute approximate surface area is 130 Å². The van der Waals surface area contributed by atoms with Crippen LogP contribution >= 0.6 is 38.5 Å². The second-order valence-corrected chi connectivity index (χ2v) is 7.32. The molecule has 1 aliphatic heterocycles. The predicted octanol–water partition coefficient (Wildman–Crippen LogP) is 3.84. The van der Waals surface area contributed by atoms with E-state index in [0.29, 0.717) is 17.8 Å². The second kappa shape index (κ2) is 6.75. The van der Waals surface area contributed by atoms with Crippen molar-refractivity contribution < 1.29 is 4.79 Å². The van der Waals surface area contributed by atoms with Gasteiger partial charge < -0.3 is 10.6 Å². The Balaban J connectivity index is 0.000000280. The van der Waals surface area contributed by atoms with Gasteiger partial charge in [0.05, 0.1) is 5.56 Å². The maximum atomic E-state index is 11.6. The first-order valence-corrected chi connectivity index (χ1v) is 7.88. The molecule has 1 aromatic carbocycles. The number of carbonyl (C=O) groups is 1. The molecule has 1 unspecified atom stereocenters. The highest BCUT2D eigenvalue weighted by molar-refractivity contribution is 14.1. The third-order valence-electron chi connectivity index (χ3n) is 2.81. The molecule has 3 nitrogen and oxygen atoms in total. The van der Waals surface area contributed by atoms with Crippen molar-refractivity contribution in [1.29, 1.82) is 0 Å². The van der Waals surface area contributed by atoms with Gasteiger partial charge in [0.15, 0.2) is 0 Å². The average Bonchev–Trinajstić information content (AvgIpc) is 2.63. The number of nitrogen functional groups attached to an aromatic ring is 1. The molecular weight excluding hydrogens is 407 g/mol. The number of nitrogens with two attached hydrogens (primary N) is 1. The van der Waals surface area contributed by atoms with E-state index in [1.54, 1.807) is 18.0 Å². The van der Waals surface area contributed by atoms with Crippen LogP contribution in [0.4, 0.5) is 5.69 Å². The minimum absolute atomic E-state index is 0.00815. The number of rotatable bonds is 1. The van der Waals surface area contributed by atoms with E-state index in [1.807, 2.05) is 6.07 Å². The summed E-state index contributed by atoms with van der Waals surface area (Å²) >= 11 is 5.81. The summed E-state index contributed by atoms with van der Waals surface area (Å²) in [6.45, 7) is 5.04. The number of hydrogen-bond acceptors (Lipinski definition) is 2. The number of benzene rings is 1. The molecule has 0 fully saturated rings. The van der Waals surface area contributed by atoms with E-state index in [-0.39, 0.29) is 5.91 Å². The van der Waals surface area contributed by atoms with Crippen LogP contribution < -0.4 is 5.73 Å². The zero-order valence-electron chi connectivity index (χ0n) is 10.8. The van der Waals surface area contributed by atoms with Crippen LogP contribution in [0, 0.1) is 0 Å². The lowest BCUT2D eigenvalue weighted by molar-refractivity contribution is 0.0817. The van der Waals surface area contributed by atoms with Gasteiger partial charge in [0.25, 0.3) is 5.91 Å².